The minimum absolute atomic E-state index is 0.653. The van der Waals surface area contributed by atoms with Gasteiger partial charge in [0.1, 0.15) is 6.29 Å². The number of aldehydes is 1. The highest BCUT2D eigenvalue weighted by molar-refractivity contribution is 6.35. The molecule has 0 aliphatic rings. The van der Waals surface area contributed by atoms with Gasteiger partial charge in [-0.05, 0) is 17.5 Å². The third-order valence-electron chi connectivity index (χ3n) is 1.99. The molecule has 2 aromatic rings. The Kier molecular flexibility index (Phi) is 2.03. The van der Waals surface area contributed by atoms with Crippen molar-refractivity contribution in [2.24, 2.45) is 0 Å². The highest BCUT2D eigenvalue weighted by atomic mass is 35.5. The number of fused-ring (bicyclic) bond motifs is 1. The maximum Gasteiger partial charge on any atom is 0.150 e. The first-order valence-electron chi connectivity index (χ1n) is 3.95. The third-order valence-corrected chi connectivity index (χ3v) is 2.32. The molecule has 2 heteroatoms. The summed E-state index contributed by atoms with van der Waals surface area (Å²) in [6, 6.07) is 11.2. The molecule has 0 unspecified atom stereocenters. The summed E-state index contributed by atoms with van der Waals surface area (Å²) >= 11 is 5.97. The quantitative estimate of drug-likeness (QED) is 0.631. The molecule has 0 radical (unpaired) electrons. The fourth-order valence-electron chi connectivity index (χ4n) is 1.33. The second-order valence-electron chi connectivity index (χ2n) is 2.84. The molecule has 0 saturated carbocycles. The summed E-state index contributed by atoms with van der Waals surface area (Å²) in [5.74, 6) is 0. The van der Waals surface area contributed by atoms with Crippen molar-refractivity contribution in [3.63, 3.8) is 0 Å². The summed E-state index contributed by atoms with van der Waals surface area (Å²) in [4.78, 5) is 10.5. The first-order valence-corrected chi connectivity index (χ1v) is 4.32. The van der Waals surface area contributed by atoms with E-state index in [4.69, 9.17) is 11.6 Å². The van der Waals surface area contributed by atoms with E-state index in [-0.39, 0.29) is 0 Å². The van der Waals surface area contributed by atoms with Gasteiger partial charge in [-0.3, -0.25) is 4.79 Å². The molecule has 0 aliphatic heterocycles. The van der Waals surface area contributed by atoms with Crippen molar-refractivity contribution in [1.82, 2.24) is 0 Å². The Morgan fingerprint density at radius 3 is 2.77 bits per heavy atom. The molecule has 0 aliphatic carbocycles. The van der Waals surface area contributed by atoms with Crippen LogP contribution < -0.4 is 0 Å². The smallest absolute Gasteiger partial charge is 0.150 e. The van der Waals surface area contributed by atoms with Gasteiger partial charge in [-0.25, -0.2) is 0 Å². The first-order chi connectivity index (χ1) is 6.31. The zero-order chi connectivity index (χ0) is 9.26. The molecule has 0 amide bonds. The van der Waals surface area contributed by atoms with E-state index in [2.05, 4.69) is 0 Å². The Morgan fingerprint density at radius 2 is 2.00 bits per heavy atom. The van der Waals surface area contributed by atoms with Crippen LogP contribution in [0.3, 0.4) is 0 Å². The molecule has 0 spiro atoms. The normalized spacial score (nSPS) is 10.2. The molecule has 0 fully saturated rings. The molecular weight excluding hydrogens is 184 g/mol. The number of carbonyl (C=O) groups is 1. The molecule has 0 atom stereocenters. The summed E-state index contributed by atoms with van der Waals surface area (Å²) in [7, 11) is 0. The van der Waals surface area contributed by atoms with Gasteiger partial charge in [0, 0.05) is 16.0 Å². The SMILES string of the molecule is O=Cc1ccc2cccc(Cl)c2c1. The van der Waals surface area contributed by atoms with Crippen molar-refractivity contribution in [3.05, 3.63) is 47.0 Å². The van der Waals surface area contributed by atoms with Crippen LogP contribution in [0.4, 0.5) is 0 Å². The van der Waals surface area contributed by atoms with Crippen molar-refractivity contribution in [2.75, 3.05) is 0 Å². The van der Waals surface area contributed by atoms with E-state index in [1.807, 2.05) is 24.3 Å². The van der Waals surface area contributed by atoms with E-state index in [9.17, 15) is 4.79 Å². The molecule has 2 aromatic carbocycles. The second kappa shape index (κ2) is 3.19. The van der Waals surface area contributed by atoms with E-state index < -0.39 is 0 Å². The fraction of sp³-hybridized carbons (Fsp3) is 0. The maximum atomic E-state index is 10.5. The molecule has 2 rings (SSSR count). The summed E-state index contributed by atoms with van der Waals surface area (Å²) in [6.45, 7) is 0. The Balaban J connectivity index is 2.81. The lowest BCUT2D eigenvalue weighted by Gasteiger charge is -1.99. The minimum Gasteiger partial charge on any atom is -0.298 e. The van der Waals surface area contributed by atoms with E-state index in [1.54, 1.807) is 12.1 Å². The van der Waals surface area contributed by atoms with Gasteiger partial charge < -0.3 is 0 Å². The largest absolute Gasteiger partial charge is 0.298 e. The summed E-state index contributed by atoms with van der Waals surface area (Å²) in [6.07, 6.45) is 0.822. The van der Waals surface area contributed by atoms with Gasteiger partial charge in [-0.2, -0.15) is 0 Å². The van der Waals surface area contributed by atoms with Gasteiger partial charge in [-0.1, -0.05) is 35.9 Å². The lowest BCUT2D eigenvalue weighted by atomic mass is 10.1. The summed E-state index contributed by atoms with van der Waals surface area (Å²) < 4.78 is 0. The molecule has 0 bridgehead atoms. The van der Waals surface area contributed by atoms with Gasteiger partial charge in [-0.15, -0.1) is 0 Å². The summed E-state index contributed by atoms with van der Waals surface area (Å²) in [5.41, 5.74) is 0.653. The van der Waals surface area contributed by atoms with Crippen LogP contribution in [-0.2, 0) is 0 Å². The van der Waals surface area contributed by atoms with Crippen LogP contribution in [0.15, 0.2) is 36.4 Å². The monoisotopic (exact) mass is 190 g/mol. The molecule has 0 heterocycles. The zero-order valence-corrected chi connectivity index (χ0v) is 7.58. The highest BCUT2D eigenvalue weighted by Crippen LogP contribution is 2.23. The first kappa shape index (κ1) is 8.27. The standard InChI is InChI=1S/C11H7ClO/c12-11-3-1-2-9-5-4-8(7-13)6-10(9)11/h1-7H. The highest BCUT2D eigenvalue weighted by Gasteiger charge is 1.98. The molecule has 1 nitrogen and oxygen atoms in total. The number of halogens is 1. The van der Waals surface area contributed by atoms with Crippen LogP contribution >= 0.6 is 11.6 Å². The van der Waals surface area contributed by atoms with Gasteiger partial charge in [0.2, 0.25) is 0 Å². The average Bonchev–Trinajstić information content (AvgIpc) is 2.18. The number of hydrogen-bond donors (Lipinski definition) is 0. The average molecular weight is 191 g/mol. The van der Waals surface area contributed by atoms with E-state index >= 15 is 0 Å². The molecular formula is C11H7ClO. The van der Waals surface area contributed by atoms with Crippen molar-refractivity contribution >= 4 is 28.7 Å². The van der Waals surface area contributed by atoms with Gasteiger partial charge in [0.25, 0.3) is 0 Å². The van der Waals surface area contributed by atoms with Crippen LogP contribution in [-0.4, -0.2) is 6.29 Å². The van der Waals surface area contributed by atoms with Crippen molar-refractivity contribution in [3.8, 4) is 0 Å². The van der Waals surface area contributed by atoms with Crippen LogP contribution in [0.2, 0.25) is 5.02 Å². The Morgan fingerprint density at radius 1 is 1.15 bits per heavy atom. The van der Waals surface area contributed by atoms with E-state index in [1.165, 1.54) is 0 Å². The van der Waals surface area contributed by atoms with Gasteiger partial charge in [0.05, 0.1) is 0 Å². The Hall–Kier alpha value is -1.34. The lowest BCUT2D eigenvalue weighted by molar-refractivity contribution is 0.112. The van der Waals surface area contributed by atoms with Crippen LogP contribution in [0.5, 0.6) is 0 Å². The molecule has 0 aromatic heterocycles. The van der Waals surface area contributed by atoms with Gasteiger partial charge in [0.15, 0.2) is 0 Å². The molecule has 0 N–H and O–H groups in total. The van der Waals surface area contributed by atoms with E-state index in [0.29, 0.717) is 10.6 Å². The Labute approximate surface area is 80.9 Å². The molecule has 0 saturated heterocycles. The number of carbonyl (C=O) groups excluding carboxylic acids is 1. The molecule has 64 valence electrons. The van der Waals surface area contributed by atoms with Crippen molar-refractivity contribution in [1.29, 1.82) is 0 Å². The minimum atomic E-state index is 0.653. The third kappa shape index (κ3) is 1.43. The summed E-state index contributed by atoms with van der Waals surface area (Å²) in [5, 5.41) is 2.66. The number of rotatable bonds is 1. The number of hydrogen-bond acceptors (Lipinski definition) is 1. The van der Waals surface area contributed by atoms with Gasteiger partial charge >= 0.3 is 0 Å². The number of benzene rings is 2. The van der Waals surface area contributed by atoms with Crippen LogP contribution in [0, 0.1) is 0 Å². The topological polar surface area (TPSA) is 17.1 Å². The Bertz CT molecular complexity index is 463. The molecule has 13 heavy (non-hydrogen) atoms. The predicted molar refractivity (Wildman–Crippen MR) is 54.3 cm³/mol. The van der Waals surface area contributed by atoms with Crippen molar-refractivity contribution in [2.45, 2.75) is 0 Å². The lowest BCUT2D eigenvalue weighted by Crippen LogP contribution is -1.80. The fourth-order valence-corrected chi connectivity index (χ4v) is 1.56. The van der Waals surface area contributed by atoms with Crippen LogP contribution in [0.1, 0.15) is 10.4 Å². The second-order valence-corrected chi connectivity index (χ2v) is 3.25. The van der Waals surface area contributed by atoms with Crippen molar-refractivity contribution < 1.29 is 4.79 Å². The zero-order valence-electron chi connectivity index (χ0n) is 6.83. The predicted octanol–water partition coefficient (Wildman–Crippen LogP) is 3.31. The maximum absolute atomic E-state index is 10.5. The van der Waals surface area contributed by atoms with Crippen LogP contribution in [0.25, 0.3) is 10.8 Å². The van der Waals surface area contributed by atoms with E-state index in [0.717, 1.165) is 17.1 Å².